The number of H-pyrrole nitrogens is 1. The third-order valence-corrected chi connectivity index (χ3v) is 3.73. The van der Waals surface area contributed by atoms with Gasteiger partial charge in [0, 0.05) is 12.0 Å². The van der Waals surface area contributed by atoms with Crippen LogP contribution in [0.25, 0.3) is 0 Å². The topological polar surface area (TPSA) is 45.8 Å². The Morgan fingerprint density at radius 3 is 3.00 bits per heavy atom. The van der Waals surface area contributed by atoms with E-state index < -0.39 is 0 Å². The fourth-order valence-electron chi connectivity index (χ4n) is 2.48. The molecule has 1 aromatic rings. The number of rotatable bonds is 3. The molecule has 3 nitrogen and oxygen atoms in total. The zero-order valence-electron chi connectivity index (χ0n) is 9.50. The Bertz CT molecular complexity index is 416. The Hall–Kier alpha value is -0.830. The molecule has 1 aliphatic rings. The summed E-state index contributed by atoms with van der Waals surface area (Å²) in [6, 6.07) is 1.47. The molecule has 1 aliphatic carbocycles. The minimum absolute atomic E-state index is 0.0828. The van der Waals surface area contributed by atoms with Crippen LogP contribution in [0.4, 0.5) is 0 Å². The van der Waals surface area contributed by atoms with Crippen LogP contribution in [-0.2, 0) is 5.88 Å². The minimum atomic E-state index is -0.0828. The van der Waals surface area contributed by atoms with Crippen LogP contribution in [-0.4, -0.2) is 9.97 Å². The lowest BCUT2D eigenvalue weighted by atomic mass is 10.0. The number of aromatic amines is 1. The number of hydrogen-bond acceptors (Lipinski definition) is 2. The highest BCUT2D eigenvalue weighted by atomic mass is 35.5. The van der Waals surface area contributed by atoms with E-state index in [4.69, 9.17) is 11.6 Å². The van der Waals surface area contributed by atoms with E-state index in [1.807, 2.05) is 0 Å². The molecule has 2 rings (SSSR count). The van der Waals surface area contributed by atoms with Crippen LogP contribution in [0, 0.1) is 5.92 Å². The van der Waals surface area contributed by atoms with Crippen molar-refractivity contribution in [1.29, 1.82) is 0 Å². The van der Waals surface area contributed by atoms with Crippen molar-refractivity contribution >= 4 is 11.6 Å². The van der Waals surface area contributed by atoms with Crippen LogP contribution in [0.2, 0.25) is 0 Å². The van der Waals surface area contributed by atoms with Gasteiger partial charge in [0.1, 0.15) is 5.82 Å². The third-order valence-electron chi connectivity index (χ3n) is 3.46. The first-order valence-corrected chi connectivity index (χ1v) is 6.42. The molecule has 2 atom stereocenters. The summed E-state index contributed by atoms with van der Waals surface area (Å²) in [5.74, 6) is 2.34. The van der Waals surface area contributed by atoms with E-state index in [1.165, 1.54) is 18.9 Å². The smallest absolute Gasteiger partial charge is 0.251 e. The van der Waals surface area contributed by atoms with Crippen molar-refractivity contribution in [3.63, 3.8) is 0 Å². The highest BCUT2D eigenvalue weighted by molar-refractivity contribution is 6.16. The summed E-state index contributed by atoms with van der Waals surface area (Å²) in [5.41, 5.74) is 0.598. The third kappa shape index (κ3) is 2.46. The summed E-state index contributed by atoms with van der Waals surface area (Å²) in [4.78, 5) is 18.7. The molecule has 0 aliphatic heterocycles. The van der Waals surface area contributed by atoms with E-state index in [-0.39, 0.29) is 5.56 Å². The molecule has 0 saturated heterocycles. The van der Waals surface area contributed by atoms with Gasteiger partial charge < -0.3 is 4.98 Å². The molecule has 0 aromatic carbocycles. The number of nitrogens with one attached hydrogen (secondary N) is 1. The second kappa shape index (κ2) is 5.00. The molecule has 1 saturated carbocycles. The van der Waals surface area contributed by atoms with Crippen LogP contribution >= 0.6 is 11.6 Å². The highest BCUT2D eigenvalue weighted by Gasteiger charge is 2.26. The summed E-state index contributed by atoms with van der Waals surface area (Å²) >= 11 is 5.72. The lowest BCUT2D eigenvalue weighted by Crippen LogP contribution is -2.14. The fraction of sp³-hybridized carbons (Fsp3) is 0.667. The lowest BCUT2D eigenvalue weighted by molar-refractivity contribution is 0.516. The molecule has 0 radical (unpaired) electrons. The van der Waals surface area contributed by atoms with Crippen molar-refractivity contribution in [1.82, 2.24) is 9.97 Å². The Balaban J connectivity index is 2.21. The largest absolute Gasteiger partial charge is 0.310 e. The summed E-state index contributed by atoms with van der Waals surface area (Å²) in [6.07, 6.45) is 4.74. The molecule has 1 heterocycles. The van der Waals surface area contributed by atoms with E-state index in [1.54, 1.807) is 0 Å². The number of aromatic nitrogens is 2. The molecule has 0 bridgehead atoms. The van der Waals surface area contributed by atoms with Gasteiger partial charge in [-0.3, -0.25) is 4.79 Å². The molecule has 88 valence electrons. The summed E-state index contributed by atoms with van der Waals surface area (Å²) in [7, 11) is 0. The quantitative estimate of drug-likeness (QED) is 0.826. The maximum atomic E-state index is 11.4. The van der Waals surface area contributed by atoms with Gasteiger partial charge in [-0.2, -0.15) is 0 Å². The normalized spacial score (nSPS) is 24.9. The van der Waals surface area contributed by atoms with Gasteiger partial charge in [-0.05, 0) is 25.2 Å². The van der Waals surface area contributed by atoms with Gasteiger partial charge in [0.25, 0.3) is 5.56 Å². The van der Waals surface area contributed by atoms with Crippen LogP contribution in [0.15, 0.2) is 10.9 Å². The monoisotopic (exact) mass is 240 g/mol. The lowest BCUT2D eigenvalue weighted by Gasteiger charge is -2.10. The maximum absolute atomic E-state index is 11.4. The average Bonchev–Trinajstić information content (AvgIpc) is 2.76. The minimum Gasteiger partial charge on any atom is -0.310 e. The zero-order chi connectivity index (χ0) is 11.5. The first-order chi connectivity index (χ1) is 7.72. The first-order valence-electron chi connectivity index (χ1n) is 5.89. The Kier molecular flexibility index (Phi) is 3.64. The van der Waals surface area contributed by atoms with Crippen LogP contribution < -0.4 is 5.56 Å². The van der Waals surface area contributed by atoms with E-state index in [2.05, 4.69) is 16.9 Å². The predicted octanol–water partition coefficient (Wildman–Crippen LogP) is 2.80. The summed E-state index contributed by atoms with van der Waals surface area (Å²) in [5, 5.41) is 0. The van der Waals surface area contributed by atoms with Crippen molar-refractivity contribution in [2.24, 2.45) is 5.92 Å². The number of alkyl halides is 1. The Morgan fingerprint density at radius 2 is 2.38 bits per heavy atom. The molecule has 0 spiro atoms. The predicted molar refractivity (Wildman–Crippen MR) is 64.8 cm³/mol. The van der Waals surface area contributed by atoms with Crippen molar-refractivity contribution in [3.05, 3.63) is 27.9 Å². The zero-order valence-corrected chi connectivity index (χ0v) is 10.3. The second-order valence-corrected chi connectivity index (χ2v) is 4.81. The summed E-state index contributed by atoms with van der Waals surface area (Å²) < 4.78 is 0. The second-order valence-electron chi connectivity index (χ2n) is 4.54. The van der Waals surface area contributed by atoms with Crippen LogP contribution in [0.1, 0.15) is 50.0 Å². The van der Waals surface area contributed by atoms with Crippen LogP contribution in [0.3, 0.4) is 0 Å². The van der Waals surface area contributed by atoms with Gasteiger partial charge in [0.05, 0.1) is 11.6 Å². The summed E-state index contributed by atoms with van der Waals surface area (Å²) in [6.45, 7) is 2.22. The first kappa shape index (κ1) is 11.6. The molecule has 0 amide bonds. The molecule has 2 unspecified atom stereocenters. The number of halogens is 1. The molecule has 16 heavy (non-hydrogen) atoms. The van der Waals surface area contributed by atoms with Gasteiger partial charge in [-0.25, -0.2) is 4.98 Å². The van der Waals surface area contributed by atoms with Gasteiger partial charge in [-0.15, -0.1) is 11.6 Å². The molecule has 1 N–H and O–H groups in total. The van der Waals surface area contributed by atoms with Gasteiger partial charge in [0.15, 0.2) is 0 Å². The highest BCUT2D eigenvalue weighted by Crippen LogP contribution is 2.37. The van der Waals surface area contributed by atoms with Gasteiger partial charge in [-0.1, -0.05) is 13.3 Å². The molecule has 1 fully saturated rings. The van der Waals surface area contributed by atoms with Crippen molar-refractivity contribution < 1.29 is 0 Å². The fourth-order valence-corrected chi connectivity index (χ4v) is 2.62. The van der Waals surface area contributed by atoms with Gasteiger partial charge >= 0.3 is 0 Å². The molecule has 4 heteroatoms. The van der Waals surface area contributed by atoms with E-state index in [9.17, 15) is 4.79 Å². The van der Waals surface area contributed by atoms with Crippen molar-refractivity contribution in [2.45, 2.75) is 44.4 Å². The van der Waals surface area contributed by atoms with E-state index >= 15 is 0 Å². The molecular formula is C12H17ClN2O. The van der Waals surface area contributed by atoms with E-state index in [0.29, 0.717) is 17.5 Å². The average molecular weight is 241 g/mol. The van der Waals surface area contributed by atoms with Crippen molar-refractivity contribution in [3.8, 4) is 0 Å². The Labute approximate surface area is 100 Å². The van der Waals surface area contributed by atoms with Crippen molar-refractivity contribution in [2.75, 3.05) is 0 Å². The number of nitrogens with zero attached hydrogens (tertiary/aromatic N) is 1. The Morgan fingerprint density at radius 1 is 1.56 bits per heavy atom. The van der Waals surface area contributed by atoms with Gasteiger partial charge in [0.2, 0.25) is 0 Å². The number of hydrogen-bond donors (Lipinski definition) is 1. The standard InChI is InChI=1S/C12H17ClN2O/c1-2-8-3-4-9(5-8)12-14-10(7-13)6-11(16)15-12/h6,8-9H,2-5,7H2,1H3,(H,14,15,16). The van der Waals surface area contributed by atoms with Crippen LogP contribution in [0.5, 0.6) is 0 Å². The SMILES string of the molecule is CCC1CCC(c2nc(CCl)cc(=O)[nH]2)C1. The maximum Gasteiger partial charge on any atom is 0.251 e. The molecular weight excluding hydrogens is 224 g/mol. The molecule has 1 aromatic heterocycles. The van der Waals surface area contributed by atoms with E-state index in [0.717, 1.165) is 24.6 Å².